The molecule has 194 valence electrons. The Hall–Kier alpha value is -2.83. The third-order valence-corrected chi connectivity index (χ3v) is 6.30. The number of phenolic OH excluding ortho intramolecular Hbond substituents is 1. The normalized spacial score (nSPS) is 17.9. The zero-order valence-electron chi connectivity index (χ0n) is 19.6. The minimum absolute atomic E-state index is 0.0497. The Morgan fingerprint density at radius 1 is 1.09 bits per heavy atom. The van der Waals surface area contributed by atoms with E-state index in [1.807, 2.05) is 0 Å². The second-order valence-electron chi connectivity index (χ2n) is 8.59. The Morgan fingerprint density at radius 3 is 2.34 bits per heavy atom. The van der Waals surface area contributed by atoms with Gasteiger partial charge in [0, 0.05) is 18.7 Å². The first-order valence-corrected chi connectivity index (χ1v) is 12.3. The van der Waals surface area contributed by atoms with E-state index in [1.54, 1.807) is 12.1 Å². The first-order valence-electron chi connectivity index (χ1n) is 11.7. The number of unbranched alkanes of at least 4 members (excludes halogenated alkanes) is 1. The van der Waals surface area contributed by atoms with Gasteiger partial charge in [-0.15, -0.1) is 0 Å². The molecule has 2 rings (SSSR count). The van der Waals surface area contributed by atoms with Crippen molar-refractivity contribution >= 4 is 36.3 Å². The summed E-state index contributed by atoms with van der Waals surface area (Å²) >= 11 is 4.18. The van der Waals surface area contributed by atoms with Crippen LogP contribution in [-0.4, -0.2) is 81.8 Å². The molecule has 0 spiro atoms. The van der Waals surface area contributed by atoms with Gasteiger partial charge in [0.15, 0.2) is 0 Å². The summed E-state index contributed by atoms with van der Waals surface area (Å²) in [5, 5.41) is 24.2. The van der Waals surface area contributed by atoms with Crippen LogP contribution in [0, 0.1) is 0 Å². The molecule has 35 heavy (non-hydrogen) atoms. The lowest BCUT2D eigenvalue weighted by Gasteiger charge is -2.28. The van der Waals surface area contributed by atoms with Crippen LogP contribution in [0.3, 0.4) is 0 Å². The number of nitrogens with one attached hydrogen (secondary N) is 2. The lowest BCUT2D eigenvalue weighted by atomic mass is 10.0. The van der Waals surface area contributed by atoms with Crippen molar-refractivity contribution in [3.8, 4) is 5.75 Å². The van der Waals surface area contributed by atoms with Gasteiger partial charge in [-0.3, -0.25) is 14.4 Å². The average molecular weight is 510 g/mol. The zero-order chi connectivity index (χ0) is 26.0. The number of aliphatic carboxylic acids is 1. The molecule has 1 saturated heterocycles. The Morgan fingerprint density at radius 2 is 1.74 bits per heavy atom. The highest BCUT2D eigenvalue weighted by Crippen LogP contribution is 2.19. The molecule has 0 aliphatic carbocycles. The van der Waals surface area contributed by atoms with Crippen molar-refractivity contribution < 1.29 is 29.4 Å². The SMILES string of the molecule is NCCCCC(N)C(=O)NC(Cc1ccc(O)cc1)C(=O)NC(CS)C(=O)N1CCCC1C(=O)O. The summed E-state index contributed by atoms with van der Waals surface area (Å²) in [6, 6.07) is 2.26. The van der Waals surface area contributed by atoms with Gasteiger partial charge in [-0.25, -0.2) is 4.79 Å². The molecular weight excluding hydrogens is 474 g/mol. The molecule has 4 atom stereocenters. The first-order chi connectivity index (χ1) is 16.7. The number of rotatable bonds is 13. The van der Waals surface area contributed by atoms with Gasteiger partial charge in [0.25, 0.3) is 0 Å². The van der Waals surface area contributed by atoms with Gasteiger partial charge in [0.05, 0.1) is 6.04 Å². The summed E-state index contributed by atoms with van der Waals surface area (Å²) in [5.41, 5.74) is 12.1. The highest BCUT2D eigenvalue weighted by Gasteiger charge is 2.38. The van der Waals surface area contributed by atoms with Crippen molar-refractivity contribution in [2.24, 2.45) is 11.5 Å². The van der Waals surface area contributed by atoms with Crippen molar-refractivity contribution in [1.82, 2.24) is 15.5 Å². The number of phenols is 1. The number of hydrogen-bond donors (Lipinski definition) is 7. The van der Waals surface area contributed by atoms with Crippen LogP contribution in [0.25, 0.3) is 0 Å². The van der Waals surface area contributed by atoms with Crippen LogP contribution in [0.1, 0.15) is 37.7 Å². The van der Waals surface area contributed by atoms with E-state index < -0.39 is 47.9 Å². The Bertz CT molecular complexity index is 884. The molecule has 1 fully saturated rings. The molecular formula is C23H35N5O6S. The van der Waals surface area contributed by atoms with E-state index in [2.05, 4.69) is 23.3 Å². The Kier molecular flexibility index (Phi) is 11.3. The topological polar surface area (TPSA) is 188 Å². The number of aromatic hydroxyl groups is 1. The molecule has 8 N–H and O–H groups in total. The number of nitrogens with zero attached hydrogens (tertiary/aromatic N) is 1. The summed E-state index contributed by atoms with van der Waals surface area (Å²) < 4.78 is 0. The van der Waals surface area contributed by atoms with Crippen LogP contribution in [0.15, 0.2) is 24.3 Å². The van der Waals surface area contributed by atoms with Gasteiger partial charge in [-0.2, -0.15) is 12.6 Å². The van der Waals surface area contributed by atoms with Crippen LogP contribution in [0.5, 0.6) is 5.75 Å². The van der Waals surface area contributed by atoms with E-state index in [-0.39, 0.29) is 24.5 Å². The smallest absolute Gasteiger partial charge is 0.326 e. The summed E-state index contributed by atoms with van der Waals surface area (Å²) in [6.45, 7) is 0.764. The number of carboxylic acid groups (broad SMARTS) is 1. The minimum atomic E-state index is -1.10. The van der Waals surface area contributed by atoms with Gasteiger partial charge in [-0.05, 0) is 49.9 Å². The number of carboxylic acids is 1. The third-order valence-electron chi connectivity index (χ3n) is 5.93. The number of hydrogen-bond acceptors (Lipinski definition) is 8. The van der Waals surface area contributed by atoms with E-state index in [0.29, 0.717) is 37.8 Å². The second-order valence-corrected chi connectivity index (χ2v) is 8.96. The predicted octanol–water partition coefficient (Wildman–Crippen LogP) is -0.634. The fourth-order valence-corrected chi connectivity index (χ4v) is 4.19. The summed E-state index contributed by atoms with van der Waals surface area (Å²) in [6.07, 6.45) is 2.77. The van der Waals surface area contributed by atoms with Crippen molar-refractivity contribution in [2.45, 2.75) is 62.7 Å². The van der Waals surface area contributed by atoms with Gasteiger partial charge >= 0.3 is 5.97 Å². The average Bonchev–Trinajstić information content (AvgIpc) is 3.33. The molecule has 0 radical (unpaired) electrons. The van der Waals surface area contributed by atoms with Crippen LogP contribution < -0.4 is 22.1 Å². The largest absolute Gasteiger partial charge is 0.508 e. The summed E-state index contributed by atoms with van der Waals surface area (Å²) in [5.74, 6) is -2.77. The zero-order valence-corrected chi connectivity index (χ0v) is 20.5. The summed E-state index contributed by atoms with van der Waals surface area (Å²) in [7, 11) is 0. The number of carbonyl (C=O) groups excluding carboxylic acids is 3. The quantitative estimate of drug-likeness (QED) is 0.135. The molecule has 12 heteroatoms. The molecule has 0 saturated carbocycles. The van der Waals surface area contributed by atoms with Crippen molar-refractivity contribution in [3.63, 3.8) is 0 Å². The van der Waals surface area contributed by atoms with Gasteiger partial charge in [0.2, 0.25) is 17.7 Å². The van der Waals surface area contributed by atoms with Crippen molar-refractivity contribution in [1.29, 1.82) is 0 Å². The molecule has 1 aromatic rings. The molecule has 11 nitrogen and oxygen atoms in total. The van der Waals surface area contributed by atoms with Gasteiger partial charge in [-0.1, -0.05) is 18.6 Å². The molecule has 0 bridgehead atoms. The van der Waals surface area contributed by atoms with E-state index >= 15 is 0 Å². The number of amides is 3. The summed E-state index contributed by atoms with van der Waals surface area (Å²) in [4.78, 5) is 51.5. The monoisotopic (exact) mass is 509 g/mol. The molecule has 1 aliphatic rings. The van der Waals surface area contributed by atoms with Crippen LogP contribution in [0.4, 0.5) is 0 Å². The second kappa shape index (κ2) is 13.9. The number of benzene rings is 1. The predicted molar refractivity (Wildman–Crippen MR) is 133 cm³/mol. The first kappa shape index (κ1) is 28.4. The van der Waals surface area contributed by atoms with Crippen LogP contribution in [0.2, 0.25) is 0 Å². The fourth-order valence-electron chi connectivity index (χ4n) is 3.94. The molecule has 1 heterocycles. The van der Waals surface area contributed by atoms with Crippen molar-refractivity contribution in [3.05, 3.63) is 29.8 Å². The van der Waals surface area contributed by atoms with E-state index in [1.165, 1.54) is 17.0 Å². The number of thiol groups is 1. The maximum atomic E-state index is 13.2. The van der Waals surface area contributed by atoms with E-state index in [0.717, 1.165) is 6.42 Å². The molecule has 1 aliphatic heterocycles. The molecule has 0 aromatic heterocycles. The molecule has 4 unspecified atom stereocenters. The van der Waals surface area contributed by atoms with Gasteiger partial charge < -0.3 is 37.2 Å². The maximum Gasteiger partial charge on any atom is 0.326 e. The Labute approximate surface area is 210 Å². The highest BCUT2D eigenvalue weighted by atomic mass is 32.1. The third kappa shape index (κ3) is 8.41. The van der Waals surface area contributed by atoms with E-state index in [4.69, 9.17) is 11.5 Å². The van der Waals surface area contributed by atoms with Crippen LogP contribution >= 0.6 is 12.6 Å². The standard InChI is InChI=1S/C23H35N5O6S/c24-10-2-1-4-16(25)20(30)26-17(12-14-6-8-15(29)9-7-14)21(31)27-18(13-35)22(32)28-11-3-5-19(28)23(33)34/h6-9,16-19,29,35H,1-5,10-13,24-25H2,(H,26,30)(H,27,31)(H,33,34). The maximum absolute atomic E-state index is 13.2. The molecule has 1 aromatic carbocycles. The number of likely N-dealkylation sites (tertiary alicyclic amines) is 1. The van der Waals surface area contributed by atoms with Gasteiger partial charge in [0.1, 0.15) is 23.9 Å². The van der Waals surface area contributed by atoms with E-state index in [9.17, 15) is 29.4 Å². The number of carbonyl (C=O) groups is 4. The Balaban J connectivity index is 2.14. The minimum Gasteiger partial charge on any atom is -0.508 e. The lowest BCUT2D eigenvalue weighted by Crippen LogP contribution is -2.58. The molecule has 3 amide bonds. The lowest BCUT2D eigenvalue weighted by molar-refractivity contribution is -0.149. The highest BCUT2D eigenvalue weighted by molar-refractivity contribution is 7.80. The van der Waals surface area contributed by atoms with Crippen LogP contribution in [-0.2, 0) is 25.6 Å². The van der Waals surface area contributed by atoms with Crippen molar-refractivity contribution in [2.75, 3.05) is 18.8 Å². The number of nitrogens with two attached hydrogens (primary N) is 2. The fraction of sp³-hybridized carbons (Fsp3) is 0.565.